The van der Waals surface area contributed by atoms with Gasteiger partial charge in [0.05, 0.1) is 24.1 Å². The summed E-state index contributed by atoms with van der Waals surface area (Å²) < 4.78 is 6.10. The van der Waals surface area contributed by atoms with Crippen LogP contribution in [0, 0.1) is 0 Å². The van der Waals surface area contributed by atoms with Gasteiger partial charge in [-0.1, -0.05) is 28.1 Å². The average Bonchev–Trinajstić information content (AvgIpc) is 2.84. The Morgan fingerprint density at radius 3 is 2.35 bits per heavy atom. The lowest BCUT2D eigenvalue weighted by Gasteiger charge is -2.11. The SMILES string of the molecule is COc1ccc(/C=C2/C(=O)N(c3ccc(Br)cc3)N=C2C)cc1. The summed E-state index contributed by atoms with van der Waals surface area (Å²) in [5, 5.41) is 5.80. The quantitative estimate of drug-likeness (QED) is 0.757. The van der Waals surface area contributed by atoms with Crippen LogP contribution in [0.4, 0.5) is 5.69 Å². The van der Waals surface area contributed by atoms with E-state index in [0.29, 0.717) is 11.3 Å². The largest absolute Gasteiger partial charge is 0.497 e. The van der Waals surface area contributed by atoms with Crippen LogP contribution in [0.3, 0.4) is 0 Å². The van der Waals surface area contributed by atoms with Gasteiger partial charge in [-0.25, -0.2) is 0 Å². The number of carbonyl (C=O) groups is 1. The van der Waals surface area contributed by atoms with Crippen LogP contribution < -0.4 is 9.75 Å². The van der Waals surface area contributed by atoms with Crippen LogP contribution in [0.15, 0.2) is 63.7 Å². The number of nitrogens with zero attached hydrogens (tertiary/aromatic N) is 2. The molecule has 0 aliphatic carbocycles. The highest BCUT2D eigenvalue weighted by atomic mass is 79.9. The number of benzene rings is 2. The van der Waals surface area contributed by atoms with Crippen LogP contribution in [0.2, 0.25) is 0 Å². The first kappa shape index (κ1) is 15.5. The second-order valence-electron chi connectivity index (χ2n) is 5.11. The molecule has 1 aliphatic rings. The summed E-state index contributed by atoms with van der Waals surface area (Å²) in [5.74, 6) is 0.660. The molecule has 0 saturated heterocycles. The van der Waals surface area contributed by atoms with Gasteiger partial charge in [0.15, 0.2) is 0 Å². The smallest absolute Gasteiger partial charge is 0.280 e. The molecule has 0 radical (unpaired) electrons. The molecule has 1 aliphatic heterocycles. The third-order valence-corrected chi connectivity index (χ3v) is 4.09. The van der Waals surface area contributed by atoms with E-state index in [4.69, 9.17) is 4.74 Å². The third kappa shape index (κ3) is 3.19. The Morgan fingerprint density at radius 1 is 1.09 bits per heavy atom. The maximum absolute atomic E-state index is 12.6. The molecule has 3 rings (SSSR count). The number of ether oxygens (including phenoxy) is 1. The number of methoxy groups -OCH3 is 1. The highest BCUT2D eigenvalue weighted by Crippen LogP contribution is 2.26. The number of amides is 1. The van der Waals surface area contributed by atoms with E-state index in [1.54, 1.807) is 7.11 Å². The molecule has 0 unspecified atom stereocenters. The zero-order valence-corrected chi connectivity index (χ0v) is 14.4. The van der Waals surface area contributed by atoms with E-state index in [1.807, 2.05) is 61.5 Å². The molecular formula is C18H15BrN2O2. The average molecular weight is 371 g/mol. The van der Waals surface area contributed by atoms with E-state index in [-0.39, 0.29) is 5.91 Å². The van der Waals surface area contributed by atoms with Gasteiger partial charge in [-0.15, -0.1) is 0 Å². The Morgan fingerprint density at radius 2 is 1.74 bits per heavy atom. The number of anilines is 1. The van der Waals surface area contributed by atoms with Crippen molar-refractivity contribution in [3.8, 4) is 5.75 Å². The minimum absolute atomic E-state index is 0.124. The second kappa shape index (κ2) is 6.38. The van der Waals surface area contributed by atoms with Gasteiger partial charge in [0.25, 0.3) is 5.91 Å². The summed E-state index contributed by atoms with van der Waals surface area (Å²) >= 11 is 3.39. The summed E-state index contributed by atoms with van der Waals surface area (Å²) in [7, 11) is 1.63. The lowest BCUT2D eigenvalue weighted by atomic mass is 10.1. The van der Waals surface area contributed by atoms with Crippen molar-refractivity contribution in [2.24, 2.45) is 5.10 Å². The Labute approximate surface area is 143 Å². The summed E-state index contributed by atoms with van der Waals surface area (Å²) in [6.45, 7) is 1.84. The molecule has 2 aromatic carbocycles. The summed E-state index contributed by atoms with van der Waals surface area (Å²) in [6, 6.07) is 15.0. The number of rotatable bonds is 3. The normalized spacial score (nSPS) is 16.0. The molecule has 1 heterocycles. The van der Waals surface area contributed by atoms with Crippen molar-refractivity contribution < 1.29 is 9.53 Å². The van der Waals surface area contributed by atoms with E-state index in [2.05, 4.69) is 21.0 Å². The molecule has 4 nitrogen and oxygen atoms in total. The Kier molecular flexibility index (Phi) is 4.30. The van der Waals surface area contributed by atoms with Gasteiger partial charge in [-0.3, -0.25) is 4.79 Å². The molecule has 0 fully saturated rings. The van der Waals surface area contributed by atoms with Gasteiger partial charge in [-0.2, -0.15) is 10.1 Å². The lowest BCUT2D eigenvalue weighted by Crippen LogP contribution is -2.21. The highest BCUT2D eigenvalue weighted by Gasteiger charge is 2.28. The first-order valence-electron chi connectivity index (χ1n) is 7.10. The van der Waals surface area contributed by atoms with Crippen LogP contribution in [0.5, 0.6) is 5.75 Å². The highest BCUT2D eigenvalue weighted by molar-refractivity contribution is 9.10. The summed E-state index contributed by atoms with van der Waals surface area (Å²) in [4.78, 5) is 12.6. The van der Waals surface area contributed by atoms with Crippen molar-refractivity contribution in [2.45, 2.75) is 6.92 Å². The predicted octanol–water partition coefficient (Wildman–Crippen LogP) is 4.26. The van der Waals surface area contributed by atoms with Crippen LogP contribution in [0.25, 0.3) is 6.08 Å². The number of carbonyl (C=O) groups excluding carboxylic acids is 1. The van der Waals surface area contributed by atoms with E-state index in [9.17, 15) is 4.79 Å². The predicted molar refractivity (Wildman–Crippen MR) is 95.7 cm³/mol. The molecule has 0 aromatic heterocycles. The maximum atomic E-state index is 12.6. The van der Waals surface area contributed by atoms with Crippen LogP contribution in [-0.2, 0) is 4.79 Å². The molecule has 5 heteroatoms. The van der Waals surface area contributed by atoms with Crippen molar-refractivity contribution in [1.29, 1.82) is 0 Å². The van der Waals surface area contributed by atoms with Crippen molar-refractivity contribution >= 4 is 39.3 Å². The Balaban J connectivity index is 1.89. The molecule has 0 saturated carbocycles. The fourth-order valence-electron chi connectivity index (χ4n) is 2.31. The Hall–Kier alpha value is -2.40. The molecule has 2 aromatic rings. The molecule has 0 N–H and O–H groups in total. The first-order valence-corrected chi connectivity index (χ1v) is 7.89. The fraction of sp³-hybridized carbons (Fsp3) is 0.111. The zero-order valence-electron chi connectivity index (χ0n) is 12.8. The van der Waals surface area contributed by atoms with E-state index < -0.39 is 0 Å². The molecule has 0 bridgehead atoms. The van der Waals surface area contributed by atoms with Crippen LogP contribution >= 0.6 is 15.9 Å². The minimum atomic E-state index is -0.124. The Bertz CT molecular complexity index is 793. The van der Waals surface area contributed by atoms with Gasteiger partial charge >= 0.3 is 0 Å². The zero-order chi connectivity index (χ0) is 16.4. The van der Waals surface area contributed by atoms with Crippen molar-refractivity contribution in [2.75, 3.05) is 12.1 Å². The first-order chi connectivity index (χ1) is 11.1. The molecule has 23 heavy (non-hydrogen) atoms. The van der Waals surface area contributed by atoms with E-state index in [0.717, 1.165) is 21.5 Å². The van der Waals surface area contributed by atoms with Crippen LogP contribution in [0.1, 0.15) is 12.5 Å². The number of hydrogen-bond acceptors (Lipinski definition) is 3. The summed E-state index contributed by atoms with van der Waals surface area (Å²) in [5.41, 5.74) is 2.98. The van der Waals surface area contributed by atoms with Gasteiger partial charge < -0.3 is 4.74 Å². The second-order valence-corrected chi connectivity index (χ2v) is 6.03. The number of halogens is 1. The fourth-order valence-corrected chi connectivity index (χ4v) is 2.57. The van der Waals surface area contributed by atoms with Gasteiger partial charge in [-0.05, 0) is 55.0 Å². The molecule has 1 amide bonds. The third-order valence-electron chi connectivity index (χ3n) is 3.56. The molecule has 116 valence electrons. The molecular weight excluding hydrogens is 356 g/mol. The van der Waals surface area contributed by atoms with Gasteiger partial charge in [0.2, 0.25) is 0 Å². The van der Waals surface area contributed by atoms with Crippen molar-refractivity contribution in [1.82, 2.24) is 0 Å². The van der Waals surface area contributed by atoms with E-state index >= 15 is 0 Å². The molecule has 0 spiro atoms. The van der Waals surface area contributed by atoms with Crippen molar-refractivity contribution in [3.05, 3.63) is 64.1 Å². The summed E-state index contributed by atoms with van der Waals surface area (Å²) in [6.07, 6.45) is 1.85. The number of hydrazone groups is 1. The number of hydrogen-bond donors (Lipinski definition) is 0. The standard InChI is InChI=1S/C18H15BrN2O2/c1-12-17(11-13-3-9-16(23-2)10-4-13)18(22)21(20-12)15-7-5-14(19)6-8-15/h3-11H,1-2H3/b17-11+. The monoisotopic (exact) mass is 370 g/mol. The van der Waals surface area contributed by atoms with E-state index in [1.165, 1.54) is 5.01 Å². The van der Waals surface area contributed by atoms with Crippen LogP contribution in [-0.4, -0.2) is 18.7 Å². The topological polar surface area (TPSA) is 41.9 Å². The van der Waals surface area contributed by atoms with Gasteiger partial charge in [0.1, 0.15) is 5.75 Å². The van der Waals surface area contributed by atoms with Gasteiger partial charge in [0, 0.05) is 4.47 Å². The minimum Gasteiger partial charge on any atom is -0.497 e. The lowest BCUT2D eigenvalue weighted by molar-refractivity contribution is -0.114. The molecule has 0 atom stereocenters. The van der Waals surface area contributed by atoms with Crippen molar-refractivity contribution in [3.63, 3.8) is 0 Å². The maximum Gasteiger partial charge on any atom is 0.280 e.